The number of rotatable bonds is 8. The van der Waals surface area contributed by atoms with Gasteiger partial charge >= 0.3 is 0 Å². The Morgan fingerprint density at radius 3 is 3.00 bits per heavy atom. The summed E-state index contributed by atoms with van der Waals surface area (Å²) in [6.07, 6.45) is 8.62. The fourth-order valence-electron chi connectivity index (χ4n) is 4.41. The summed E-state index contributed by atoms with van der Waals surface area (Å²) in [5, 5.41) is 21.0. The van der Waals surface area contributed by atoms with Crippen LogP contribution < -0.4 is 10.1 Å². The number of carbonyl (C=O) groups is 1. The van der Waals surface area contributed by atoms with Crippen LogP contribution in [0.2, 0.25) is 0 Å². The predicted octanol–water partition coefficient (Wildman–Crippen LogP) is 3.59. The van der Waals surface area contributed by atoms with Gasteiger partial charge in [0.2, 0.25) is 5.91 Å². The maximum Gasteiger partial charge on any atom is 0.246 e. The van der Waals surface area contributed by atoms with Crippen LogP contribution in [0.25, 0.3) is 11.0 Å². The standard InChI is InChI=1S/C26H29N7O2/c1-17-5-8-21(18(14-17)15-27)35-22-9-11-28-25-24(22)26(31-30-25)29-19-10-13-33(16-19)23(34)4-3-12-32(2)20-6-7-20/h3-5,8-9,11,14,19-20H,6-7,10,12-13,16H2,1-2H3,(H2,28,29,30,31)/b4-3+/t19-/m1/s1. The molecule has 3 heterocycles. The number of nitriles is 1. The molecule has 1 aliphatic heterocycles. The Hall–Kier alpha value is -3.90. The van der Waals surface area contributed by atoms with Crippen LogP contribution in [-0.4, -0.2) is 69.7 Å². The van der Waals surface area contributed by atoms with Crippen molar-refractivity contribution >= 4 is 22.8 Å². The highest BCUT2D eigenvalue weighted by Gasteiger charge is 2.27. The number of anilines is 1. The van der Waals surface area contributed by atoms with Gasteiger partial charge in [-0.15, -0.1) is 0 Å². The third kappa shape index (κ3) is 5.12. The number of hydrogen-bond acceptors (Lipinski definition) is 7. The van der Waals surface area contributed by atoms with Crippen molar-refractivity contribution in [1.82, 2.24) is 25.0 Å². The van der Waals surface area contributed by atoms with Gasteiger partial charge in [-0.3, -0.25) is 14.8 Å². The highest BCUT2D eigenvalue weighted by atomic mass is 16.5. The van der Waals surface area contributed by atoms with Crippen LogP contribution in [0.1, 0.15) is 30.4 Å². The Bertz CT molecular complexity index is 1300. The zero-order valence-corrected chi connectivity index (χ0v) is 20.0. The van der Waals surface area contributed by atoms with Crippen molar-refractivity contribution in [3.8, 4) is 17.6 Å². The van der Waals surface area contributed by atoms with Crippen molar-refractivity contribution < 1.29 is 9.53 Å². The molecule has 2 aromatic heterocycles. The molecule has 1 aliphatic carbocycles. The molecule has 0 spiro atoms. The average molecular weight is 472 g/mol. The van der Waals surface area contributed by atoms with Crippen molar-refractivity contribution in [3.63, 3.8) is 0 Å². The first kappa shape index (κ1) is 22.9. The van der Waals surface area contributed by atoms with Gasteiger partial charge in [-0.2, -0.15) is 10.4 Å². The molecule has 180 valence electrons. The number of hydrogen-bond donors (Lipinski definition) is 2. The van der Waals surface area contributed by atoms with E-state index in [0.717, 1.165) is 18.5 Å². The fourth-order valence-corrected chi connectivity index (χ4v) is 4.41. The second-order valence-corrected chi connectivity index (χ2v) is 9.31. The maximum absolute atomic E-state index is 12.6. The summed E-state index contributed by atoms with van der Waals surface area (Å²) in [4.78, 5) is 21.1. The Morgan fingerprint density at radius 1 is 1.34 bits per heavy atom. The number of benzene rings is 1. The molecule has 3 aromatic rings. The monoisotopic (exact) mass is 471 g/mol. The summed E-state index contributed by atoms with van der Waals surface area (Å²) in [5.41, 5.74) is 2.04. The molecule has 1 saturated carbocycles. The Morgan fingerprint density at radius 2 is 2.20 bits per heavy atom. The number of ether oxygens (including phenoxy) is 1. The number of aryl methyl sites for hydroxylation is 1. The average Bonchev–Trinajstić information content (AvgIpc) is 3.48. The van der Waals surface area contributed by atoms with Gasteiger partial charge in [-0.05, 0) is 50.9 Å². The predicted molar refractivity (Wildman–Crippen MR) is 133 cm³/mol. The van der Waals surface area contributed by atoms with E-state index in [-0.39, 0.29) is 11.9 Å². The van der Waals surface area contributed by atoms with Crippen molar-refractivity contribution in [2.75, 3.05) is 32.0 Å². The maximum atomic E-state index is 12.6. The Labute approximate surface area is 204 Å². The molecule has 2 fully saturated rings. The van der Waals surface area contributed by atoms with E-state index in [9.17, 15) is 10.1 Å². The van der Waals surface area contributed by atoms with Crippen LogP contribution >= 0.6 is 0 Å². The van der Waals surface area contributed by atoms with Gasteiger partial charge in [0.1, 0.15) is 23.0 Å². The lowest BCUT2D eigenvalue weighted by Gasteiger charge is -2.16. The molecule has 2 N–H and O–H groups in total. The molecule has 0 bridgehead atoms. The van der Waals surface area contributed by atoms with Crippen LogP contribution in [0.3, 0.4) is 0 Å². The number of pyridine rings is 1. The lowest BCUT2D eigenvalue weighted by molar-refractivity contribution is -0.125. The first-order chi connectivity index (χ1) is 17.0. The van der Waals surface area contributed by atoms with Gasteiger partial charge in [-0.1, -0.05) is 12.1 Å². The normalized spacial score (nSPS) is 17.9. The zero-order valence-electron chi connectivity index (χ0n) is 20.0. The molecule has 35 heavy (non-hydrogen) atoms. The molecule has 0 unspecified atom stereocenters. The largest absolute Gasteiger partial charge is 0.455 e. The van der Waals surface area contributed by atoms with E-state index < -0.39 is 0 Å². The number of carbonyl (C=O) groups excluding carboxylic acids is 1. The molecule has 9 heteroatoms. The second kappa shape index (κ2) is 9.76. The molecule has 1 amide bonds. The van der Waals surface area contributed by atoms with Crippen LogP contribution in [0.15, 0.2) is 42.6 Å². The molecular formula is C26H29N7O2. The van der Waals surface area contributed by atoms with E-state index in [1.807, 2.05) is 24.0 Å². The minimum Gasteiger partial charge on any atom is -0.455 e. The number of aromatic amines is 1. The summed E-state index contributed by atoms with van der Waals surface area (Å²) in [5.74, 6) is 1.70. The van der Waals surface area contributed by atoms with Crippen LogP contribution in [0.4, 0.5) is 5.82 Å². The van der Waals surface area contributed by atoms with Gasteiger partial charge in [-0.25, -0.2) is 4.98 Å². The molecule has 1 aromatic carbocycles. The Kier molecular flexibility index (Phi) is 6.38. The highest BCUT2D eigenvalue weighted by molar-refractivity contribution is 5.93. The molecule has 0 radical (unpaired) electrons. The number of likely N-dealkylation sites (tertiary alicyclic amines) is 1. The van der Waals surface area contributed by atoms with Gasteiger partial charge in [0, 0.05) is 50.1 Å². The molecule has 9 nitrogen and oxygen atoms in total. The zero-order chi connectivity index (χ0) is 24.4. The number of nitrogens with one attached hydrogen (secondary N) is 2. The fraction of sp³-hybridized carbons (Fsp3) is 0.385. The molecule has 2 aliphatic rings. The third-order valence-corrected chi connectivity index (χ3v) is 6.56. The van der Waals surface area contributed by atoms with E-state index in [2.05, 4.69) is 38.5 Å². The summed E-state index contributed by atoms with van der Waals surface area (Å²) in [7, 11) is 2.10. The molecule has 1 saturated heterocycles. The number of nitrogens with zero attached hydrogens (tertiary/aromatic N) is 5. The first-order valence-corrected chi connectivity index (χ1v) is 12.0. The lowest BCUT2D eigenvalue weighted by atomic mass is 10.1. The van der Waals surface area contributed by atoms with Crippen molar-refractivity contribution in [2.24, 2.45) is 0 Å². The number of H-pyrrole nitrogens is 1. The van der Waals surface area contributed by atoms with Gasteiger partial charge < -0.3 is 15.0 Å². The van der Waals surface area contributed by atoms with E-state index in [0.29, 0.717) is 53.0 Å². The minimum atomic E-state index is 0.0412. The number of fused-ring (bicyclic) bond motifs is 1. The molecule has 1 atom stereocenters. The summed E-state index contributed by atoms with van der Waals surface area (Å²) >= 11 is 0. The highest BCUT2D eigenvalue weighted by Crippen LogP contribution is 2.35. The van der Waals surface area contributed by atoms with Gasteiger partial charge in [0.05, 0.1) is 5.56 Å². The van der Waals surface area contributed by atoms with E-state index >= 15 is 0 Å². The van der Waals surface area contributed by atoms with E-state index in [1.165, 1.54) is 12.8 Å². The number of likely N-dealkylation sites (N-methyl/N-ethyl adjacent to an activating group) is 1. The first-order valence-electron chi connectivity index (χ1n) is 12.0. The lowest BCUT2D eigenvalue weighted by Crippen LogP contribution is -2.30. The SMILES string of the molecule is Cc1ccc(Oc2ccnc3[nH]nc(N[C@@H]4CCN(C(=O)/C=C/CN(C)C5CC5)C4)c23)c(C#N)c1. The smallest absolute Gasteiger partial charge is 0.246 e. The van der Waals surface area contributed by atoms with E-state index in [4.69, 9.17) is 4.74 Å². The van der Waals surface area contributed by atoms with Crippen LogP contribution in [-0.2, 0) is 4.79 Å². The van der Waals surface area contributed by atoms with Gasteiger partial charge in [0.25, 0.3) is 0 Å². The number of aromatic nitrogens is 3. The summed E-state index contributed by atoms with van der Waals surface area (Å²) < 4.78 is 6.14. The Balaban J connectivity index is 1.27. The quantitative estimate of drug-likeness (QED) is 0.483. The van der Waals surface area contributed by atoms with Gasteiger partial charge in [0.15, 0.2) is 11.5 Å². The summed E-state index contributed by atoms with van der Waals surface area (Å²) in [6.45, 7) is 4.03. The van der Waals surface area contributed by atoms with Crippen LogP contribution in [0, 0.1) is 18.3 Å². The third-order valence-electron chi connectivity index (χ3n) is 6.56. The summed E-state index contributed by atoms with van der Waals surface area (Å²) in [6, 6.07) is 10.2. The number of amides is 1. The van der Waals surface area contributed by atoms with Crippen molar-refractivity contribution in [3.05, 3.63) is 53.7 Å². The topological polar surface area (TPSA) is 110 Å². The van der Waals surface area contributed by atoms with Crippen molar-refractivity contribution in [2.45, 2.75) is 38.3 Å². The molecule has 5 rings (SSSR count). The minimum absolute atomic E-state index is 0.0412. The molecular weight excluding hydrogens is 442 g/mol. The second-order valence-electron chi connectivity index (χ2n) is 9.31. The van der Waals surface area contributed by atoms with Crippen molar-refractivity contribution in [1.29, 1.82) is 5.26 Å². The van der Waals surface area contributed by atoms with E-state index in [1.54, 1.807) is 30.5 Å². The van der Waals surface area contributed by atoms with Crippen LogP contribution in [0.5, 0.6) is 11.5 Å².